The number of rotatable bonds is 30. The third-order valence-corrected chi connectivity index (χ3v) is 14.5. The molecule has 0 aromatic heterocycles. The normalized spacial score (nSPS) is 24.3. The molecule has 1 heterocycles. The summed E-state index contributed by atoms with van der Waals surface area (Å²) in [7, 11) is 0. The smallest absolute Gasteiger partial charge is 0.412 e. The fourth-order valence-electron chi connectivity index (χ4n) is 11.3. The van der Waals surface area contributed by atoms with Crippen molar-refractivity contribution in [1.29, 1.82) is 0 Å². The summed E-state index contributed by atoms with van der Waals surface area (Å²) in [4.78, 5) is 36.5. The van der Waals surface area contributed by atoms with Crippen LogP contribution >= 0.6 is 0 Å². The number of oxime groups is 1. The number of carbonyl (C=O) groups excluding carboxylic acids is 2. The van der Waals surface area contributed by atoms with Gasteiger partial charge >= 0.3 is 6.09 Å². The predicted molar refractivity (Wildman–Crippen MR) is 265 cm³/mol. The van der Waals surface area contributed by atoms with E-state index in [1.807, 2.05) is 37.8 Å². The minimum Gasteiger partial charge on any atom is -0.459 e. The Morgan fingerprint density at radius 1 is 0.909 bits per heavy atom. The largest absolute Gasteiger partial charge is 0.459 e. The fourth-order valence-corrected chi connectivity index (χ4v) is 11.3. The molecule has 1 aromatic rings. The van der Waals surface area contributed by atoms with E-state index in [0.29, 0.717) is 56.2 Å². The topological polar surface area (TPSA) is 139 Å². The number of amides is 2. The van der Waals surface area contributed by atoms with Gasteiger partial charge in [0.1, 0.15) is 23.1 Å². The summed E-state index contributed by atoms with van der Waals surface area (Å²) in [6.07, 6.45) is 27.9. The minimum atomic E-state index is -1.31. The quantitative estimate of drug-likeness (QED) is 0.0394. The number of aliphatic hydroxyl groups excluding tert-OH is 2. The summed E-state index contributed by atoms with van der Waals surface area (Å²) >= 11 is 0. The molecule has 11 nitrogen and oxygen atoms in total. The maximum Gasteiger partial charge on any atom is 0.412 e. The molecule has 66 heavy (non-hydrogen) atoms. The number of hydrogen-bond acceptors (Lipinski definition) is 9. The molecular formula is C55H89N3O8. The van der Waals surface area contributed by atoms with Gasteiger partial charge in [-0.2, -0.15) is 0 Å². The summed E-state index contributed by atoms with van der Waals surface area (Å²) in [6, 6.07) is 5.16. The number of nitrogens with zero attached hydrogens (tertiary/aromatic N) is 2. The summed E-state index contributed by atoms with van der Waals surface area (Å²) in [6.45, 7) is 16.0. The molecule has 11 heteroatoms. The Labute approximate surface area is 398 Å². The van der Waals surface area contributed by atoms with Crippen molar-refractivity contribution in [3.8, 4) is 11.5 Å². The number of ether oxygens (including phenoxy) is 3. The maximum absolute atomic E-state index is 14.8. The minimum absolute atomic E-state index is 0.0694. The zero-order valence-corrected chi connectivity index (χ0v) is 41.8. The van der Waals surface area contributed by atoms with Crippen LogP contribution < -0.4 is 14.8 Å². The summed E-state index contributed by atoms with van der Waals surface area (Å²) in [5.74, 6) is 0.00286. The first-order valence-corrected chi connectivity index (χ1v) is 26.5. The number of aliphatic hydroxyl groups is 2. The van der Waals surface area contributed by atoms with Crippen LogP contribution in [0.2, 0.25) is 0 Å². The molecule has 0 spiro atoms. The first-order chi connectivity index (χ1) is 32.0. The first kappa shape index (κ1) is 53.5. The van der Waals surface area contributed by atoms with Gasteiger partial charge in [-0.05, 0) is 107 Å². The Balaban J connectivity index is 1.54. The number of hydrogen-bond donors (Lipinski definition) is 3. The first-order valence-electron chi connectivity index (χ1n) is 26.5. The maximum atomic E-state index is 14.8. The van der Waals surface area contributed by atoms with E-state index in [-0.39, 0.29) is 43.5 Å². The highest BCUT2D eigenvalue weighted by molar-refractivity contribution is 6.03. The van der Waals surface area contributed by atoms with Crippen LogP contribution in [0.5, 0.6) is 11.5 Å². The van der Waals surface area contributed by atoms with E-state index < -0.39 is 29.4 Å². The third kappa shape index (κ3) is 15.0. The van der Waals surface area contributed by atoms with Gasteiger partial charge in [0.15, 0.2) is 0 Å². The average Bonchev–Trinajstić information content (AvgIpc) is 3.83. The standard InChI is InChI=1S/C55H89N3O8/c1-7-10-11-12-13-14-15-16-17-22-33-56-53(62)64-43-30-31-48-46(39-43)51-44(28-21-24-36-60)42(27-20-23-35-59)38-45-47(57-66-54(4,5)6)40-49(55(65-48,52(45)51)63-37-9-3)58(34-8-2)50(61)32-29-41-25-18-19-26-41/h9,30-31,38-39,41-42,44,49,51-52,59-60H,3,7-8,10-29,32-37,40H2,1-2,4-6H3,(H,56,62)/t42-,44+,49-,51+,52+,55+/m0/s1. The SMILES string of the molecule is C=CCO[C@@]12Oc3ccc(OC(=O)NCCCCCCCCCCCC)cc3[C@H]3[C@H](CCCCO)[C@@H](CCCCO)C=C(C(=NOC(C)(C)C)C[C@@H]1N(CCC)C(=O)CCC1CCCC1)[C@H]32. The summed E-state index contributed by atoms with van der Waals surface area (Å²) in [5.41, 5.74) is 2.15. The van der Waals surface area contributed by atoms with Gasteiger partial charge in [-0.15, -0.1) is 6.58 Å². The van der Waals surface area contributed by atoms with E-state index >= 15 is 0 Å². The molecule has 4 aliphatic rings. The van der Waals surface area contributed by atoms with E-state index in [0.717, 1.165) is 68.2 Å². The Kier molecular flexibility index (Phi) is 22.4. The number of nitrogens with one attached hydrogen (secondary N) is 1. The summed E-state index contributed by atoms with van der Waals surface area (Å²) in [5, 5.41) is 27.9. The number of carbonyl (C=O) groups is 2. The van der Waals surface area contributed by atoms with E-state index in [2.05, 4.69) is 31.8 Å². The van der Waals surface area contributed by atoms with Crippen molar-refractivity contribution in [2.45, 2.75) is 212 Å². The molecule has 0 saturated heterocycles. The van der Waals surface area contributed by atoms with Crippen molar-refractivity contribution in [2.24, 2.45) is 28.8 Å². The van der Waals surface area contributed by atoms with Gasteiger partial charge < -0.3 is 39.5 Å². The highest BCUT2D eigenvalue weighted by atomic mass is 16.7. The van der Waals surface area contributed by atoms with E-state index in [4.69, 9.17) is 24.2 Å². The second kappa shape index (κ2) is 27.6. The van der Waals surface area contributed by atoms with Crippen molar-refractivity contribution < 1.29 is 38.9 Å². The van der Waals surface area contributed by atoms with Crippen molar-refractivity contribution in [1.82, 2.24) is 10.2 Å². The highest BCUT2D eigenvalue weighted by Gasteiger charge is 2.65. The van der Waals surface area contributed by atoms with E-state index in [1.54, 1.807) is 12.1 Å². The van der Waals surface area contributed by atoms with Crippen molar-refractivity contribution >= 4 is 17.7 Å². The van der Waals surface area contributed by atoms with E-state index in [9.17, 15) is 19.8 Å². The lowest BCUT2D eigenvalue weighted by Gasteiger charge is -2.60. The van der Waals surface area contributed by atoms with Crippen LogP contribution in [0, 0.1) is 23.7 Å². The van der Waals surface area contributed by atoms with Gasteiger partial charge in [0, 0.05) is 50.6 Å². The van der Waals surface area contributed by atoms with Crippen LogP contribution in [0.25, 0.3) is 0 Å². The molecule has 3 N–H and O–H groups in total. The third-order valence-electron chi connectivity index (χ3n) is 14.5. The molecule has 3 aliphatic carbocycles. The van der Waals surface area contributed by atoms with Crippen LogP contribution in [0.4, 0.5) is 4.79 Å². The second-order valence-corrected chi connectivity index (χ2v) is 20.8. The van der Waals surface area contributed by atoms with Gasteiger partial charge in [-0.3, -0.25) is 4.79 Å². The molecule has 1 aromatic carbocycles. The lowest BCUT2D eigenvalue weighted by Crippen LogP contribution is -2.70. The number of benzene rings is 1. The molecule has 0 bridgehead atoms. The molecule has 1 aliphatic heterocycles. The molecule has 0 radical (unpaired) electrons. The molecular weight excluding hydrogens is 831 g/mol. The van der Waals surface area contributed by atoms with Crippen LogP contribution in [-0.4, -0.2) is 83.2 Å². The van der Waals surface area contributed by atoms with Crippen LogP contribution in [-0.2, 0) is 14.4 Å². The molecule has 6 atom stereocenters. The lowest BCUT2D eigenvalue weighted by molar-refractivity contribution is -0.257. The van der Waals surface area contributed by atoms with Crippen LogP contribution in [0.1, 0.15) is 200 Å². The Morgan fingerprint density at radius 2 is 1.59 bits per heavy atom. The second-order valence-electron chi connectivity index (χ2n) is 20.8. The molecule has 2 amide bonds. The molecule has 2 fully saturated rings. The van der Waals surface area contributed by atoms with Crippen LogP contribution in [0.15, 0.2) is 47.7 Å². The Bertz CT molecular complexity index is 1700. The number of unbranched alkanes of at least 4 members (excludes halogenated alkanes) is 11. The predicted octanol–water partition coefficient (Wildman–Crippen LogP) is 12.3. The number of fused-ring (bicyclic) bond motifs is 2. The zero-order valence-electron chi connectivity index (χ0n) is 41.8. The average molecular weight is 920 g/mol. The Morgan fingerprint density at radius 3 is 2.24 bits per heavy atom. The van der Waals surface area contributed by atoms with Crippen LogP contribution in [0.3, 0.4) is 0 Å². The highest BCUT2D eigenvalue weighted by Crippen LogP contribution is 2.62. The lowest BCUT2D eigenvalue weighted by atomic mass is 9.55. The van der Waals surface area contributed by atoms with E-state index in [1.165, 1.54) is 77.0 Å². The molecule has 2 saturated carbocycles. The molecule has 0 unspecified atom stereocenters. The summed E-state index contributed by atoms with van der Waals surface area (Å²) < 4.78 is 20.6. The van der Waals surface area contributed by atoms with Crippen molar-refractivity contribution in [3.63, 3.8) is 0 Å². The van der Waals surface area contributed by atoms with Gasteiger partial charge in [0.2, 0.25) is 11.7 Å². The van der Waals surface area contributed by atoms with Crippen molar-refractivity contribution in [2.75, 3.05) is 32.9 Å². The zero-order chi connectivity index (χ0) is 47.4. The van der Waals surface area contributed by atoms with Gasteiger partial charge in [-0.1, -0.05) is 127 Å². The van der Waals surface area contributed by atoms with Gasteiger partial charge in [0.25, 0.3) is 0 Å². The molecule has 372 valence electrons. The Hall–Kier alpha value is -3.41. The van der Waals surface area contributed by atoms with Gasteiger partial charge in [0.05, 0.1) is 18.2 Å². The fraction of sp³-hybridized carbons (Fsp3) is 0.764. The van der Waals surface area contributed by atoms with Crippen molar-refractivity contribution in [3.05, 3.63) is 48.1 Å². The monoisotopic (exact) mass is 920 g/mol. The molecule has 5 rings (SSSR count). The number of allylic oxidation sites excluding steroid dienone is 1. The van der Waals surface area contributed by atoms with Gasteiger partial charge in [-0.25, -0.2) is 4.79 Å².